The maximum Gasteiger partial charge on any atom is 0.239 e. The molecule has 1 amide bonds. The molecular formula is C19H20N6O. The van der Waals surface area contributed by atoms with Crippen molar-refractivity contribution < 1.29 is 4.79 Å². The molecule has 7 nitrogen and oxygen atoms in total. The lowest BCUT2D eigenvalue weighted by molar-refractivity contribution is -0.117. The monoisotopic (exact) mass is 348 g/mol. The number of carbonyl (C=O) groups is 1. The smallest absolute Gasteiger partial charge is 0.239 e. The summed E-state index contributed by atoms with van der Waals surface area (Å²) in [5, 5.41) is 7.28. The highest BCUT2D eigenvalue weighted by atomic mass is 16.2. The van der Waals surface area contributed by atoms with E-state index in [0.29, 0.717) is 25.5 Å². The maximum atomic E-state index is 12.5. The van der Waals surface area contributed by atoms with Crippen LogP contribution in [0.15, 0.2) is 55.1 Å². The van der Waals surface area contributed by atoms with E-state index >= 15 is 0 Å². The first-order valence-corrected chi connectivity index (χ1v) is 8.63. The van der Waals surface area contributed by atoms with Gasteiger partial charge in [-0.3, -0.25) is 9.69 Å². The van der Waals surface area contributed by atoms with Crippen molar-refractivity contribution in [2.24, 2.45) is 0 Å². The van der Waals surface area contributed by atoms with Crippen molar-refractivity contribution >= 4 is 11.7 Å². The van der Waals surface area contributed by atoms with E-state index in [2.05, 4.69) is 25.3 Å². The minimum atomic E-state index is -0.0442. The van der Waals surface area contributed by atoms with Crippen molar-refractivity contribution in [1.29, 1.82) is 0 Å². The lowest BCUT2D eigenvalue weighted by Crippen LogP contribution is -2.37. The number of aromatic nitrogens is 4. The van der Waals surface area contributed by atoms with Crippen LogP contribution in [-0.2, 0) is 24.3 Å². The summed E-state index contributed by atoms with van der Waals surface area (Å²) < 4.78 is 1.80. The van der Waals surface area contributed by atoms with Gasteiger partial charge in [0.1, 0.15) is 12.1 Å². The Labute approximate surface area is 151 Å². The van der Waals surface area contributed by atoms with Crippen molar-refractivity contribution in [1.82, 2.24) is 24.6 Å². The average molecular weight is 348 g/mol. The molecule has 3 aromatic rings. The van der Waals surface area contributed by atoms with Gasteiger partial charge in [0.05, 0.1) is 25.0 Å². The van der Waals surface area contributed by atoms with Crippen LogP contribution in [0.5, 0.6) is 0 Å². The first-order chi connectivity index (χ1) is 12.8. The van der Waals surface area contributed by atoms with E-state index in [1.165, 1.54) is 5.56 Å². The second-order valence-corrected chi connectivity index (χ2v) is 6.36. The van der Waals surface area contributed by atoms with Gasteiger partial charge in [0.2, 0.25) is 5.91 Å². The first-order valence-electron chi connectivity index (χ1n) is 8.63. The fourth-order valence-corrected chi connectivity index (χ4v) is 3.15. The van der Waals surface area contributed by atoms with Gasteiger partial charge in [-0.1, -0.05) is 30.3 Å². The summed E-state index contributed by atoms with van der Waals surface area (Å²) in [5.74, 6) is 0.663. The highest BCUT2D eigenvalue weighted by molar-refractivity contribution is 5.91. The quantitative estimate of drug-likeness (QED) is 0.760. The van der Waals surface area contributed by atoms with E-state index in [-0.39, 0.29) is 5.91 Å². The normalized spacial score (nSPS) is 14.0. The van der Waals surface area contributed by atoms with Gasteiger partial charge in [-0.2, -0.15) is 5.10 Å². The number of hydrogen-bond acceptors (Lipinski definition) is 5. The molecule has 0 spiro atoms. The Hall–Kier alpha value is -3.06. The molecule has 3 heterocycles. The predicted octanol–water partition coefficient (Wildman–Crippen LogP) is 1.72. The number of nitrogens with zero attached hydrogens (tertiary/aromatic N) is 5. The minimum absolute atomic E-state index is 0.0442. The van der Waals surface area contributed by atoms with Crippen molar-refractivity contribution in [3.8, 4) is 0 Å². The lowest BCUT2D eigenvalue weighted by Gasteiger charge is -2.26. The lowest BCUT2D eigenvalue weighted by atomic mass is 10.1. The van der Waals surface area contributed by atoms with Crippen LogP contribution in [-0.4, -0.2) is 43.6 Å². The van der Waals surface area contributed by atoms with Crippen molar-refractivity contribution in [2.75, 3.05) is 18.4 Å². The molecular weight excluding hydrogens is 328 g/mol. The maximum absolute atomic E-state index is 12.5. The van der Waals surface area contributed by atoms with Crippen LogP contribution in [0.4, 0.5) is 5.82 Å². The van der Waals surface area contributed by atoms with Gasteiger partial charge in [-0.25, -0.2) is 14.6 Å². The van der Waals surface area contributed by atoms with Crippen LogP contribution in [0.25, 0.3) is 0 Å². The SMILES string of the molecule is O=C(CN1CCc2cncnc2C1)Nc1ccnn1Cc1ccccc1. The topological polar surface area (TPSA) is 75.9 Å². The third-order valence-electron chi connectivity index (χ3n) is 4.48. The van der Waals surface area contributed by atoms with Gasteiger partial charge >= 0.3 is 0 Å². The molecule has 2 aromatic heterocycles. The van der Waals surface area contributed by atoms with Gasteiger partial charge in [-0.15, -0.1) is 0 Å². The number of fused-ring (bicyclic) bond motifs is 1. The molecule has 26 heavy (non-hydrogen) atoms. The van der Waals surface area contributed by atoms with Crippen molar-refractivity contribution in [3.05, 3.63) is 71.9 Å². The third-order valence-corrected chi connectivity index (χ3v) is 4.48. The summed E-state index contributed by atoms with van der Waals surface area (Å²) in [6.45, 7) is 2.46. The standard InChI is InChI=1S/C19H20N6O/c26-19(13-24-9-7-16-10-20-14-21-17(16)12-24)23-18-6-8-22-25(18)11-15-4-2-1-3-5-15/h1-6,8,10,14H,7,9,11-13H2,(H,23,26). The number of rotatable bonds is 5. The van der Waals surface area contributed by atoms with E-state index in [1.807, 2.05) is 42.6 Å². The third kappa shape index (κ3) is 3.78. The van der Waals surface area contributed by atoms with Gasteiger partial charge in [0, 0.05) is 25.4 Å². The number of carbonyl (C=O) groups excluding carboxylic acids is 1. The van der Waals surface area contributed by atoms with Crippen LogP contribution >= 0.6 is 0 Å². The number of anilines is 1. The molecule has 0 radical (unpaired) electrons. The molecule has 0 fully saturated rings. The molecule has 0 atom stereocenters. The molecule has 0 saturated heterocycles. The highest BCUT2D eigenvalue weighted by Gasteiger charge is 2.20. The zero-order valence-electron chi connectivity index (χ0n) is 14.4. The van der Waals surface area contributed by atoms with Crippen LogP contribution in [0, 0.1) is 0 Å². The van der Waals surface area contributed by atoms with Gasteiger partial charge < -0.3 is 5.32 Å². The molecule has 4 rings (SSSR count). The van der Waals surface area contributed by atoms with Crippen molar-refractivity contribution in [2.45, 2.75) is 19.5 Å². The Balaban J connectivity index is 1.37. The molecule has 1 aromatic carbocycles. The number of nitrogens with one attached hydrogen (secondary N) is 1. The summed E-state index contributed by atoms with van der Waals surface area (Å²) in [5.41, 5.74) is 3.32. The Morgan fingerprint density at radius 3 is 2.96 bits per heavy atom. The molecule has 1 aliphatic heterocycles. The minimum Gasteiger partial charge on any atom is -0.310 e. The van der Waals surface area contributed by atoms with E-state index in [9.17, 15) is 4.79 Å². The molecule has 7 heteroatoms. The predicted molar refractivity (Wildman–Crippen MR) is 97.4 cm³/mol. The Morgan fingerprint density at radius 2 is 2.08 bits per heavy atom. The van der Waals surface area contributed by atoms with Crippen molar-refractivity contribution in [3.63, 3.8) is 0 Å². The summed E-state index contributed by atoms with van der Waals surface area (Å²) in [6, 6.07) is 11.9. The van der Waals surface area contributed by atoms with Gasteiger partial charge in [0.25, 0.3) is 0 Å². The van der Waals surface area contributed by atoms with Crippen LogP contribution in [0.3, 0.4) is 0 Å². The number of amides is 1. The Kier molecular flexibility index (Phi) is 4.70. The molecule has 1 N–H and O–H groups in total. The Bertz CT molecular complexity index is 892. The zero-order valence-corrected chi connectivity index (χ0v) is 14.4. The highest BCUT2D eigenvalue weighted by Crippen LogP contribution is 2.15. The fraction of sp³-hybridized carbons (Fsp3) is 0.263. The summed E-state index contributed by atoms with van der Waals surface area (Å²) in [4.78, 5) is 22.9. The van der Waals surface area contributed by atoms with E-state index in [0.717, 1.165) is 24.2 Å². The summed E-state index contributed by atoms with van der Waals surface area (Å²) in [6.07, 6.45) is 5.99. The molecule has 0 bridgehead atoms. The summed E-state index contributed by atoms with van der Waals surface area (Å²) >= 11 is 0. The molecule has 0 saturated carbocycles. The molecule has 1 aliphatic rings. The zero-order chi connectivity index (χ0) is 17.8. The summed E-state index contributed by atoms with van der Waals surface area (Å²) in [7, 11) is 0. The van der Waals surface area contributed by atoms with Gasteiger partial charge in [-0.05, 0) is 17.5 Å². The number of hydrogen-bond donors (Lipinski definition) is 1. The molecule has 132 valence electrons. The van der Waals surface area contributed by atoms with Crippen LogP contribution in [0.1, 0.15) is 16.8 Å². The molecule has 0 aliphatic carbocycles. The van der Waals surface area contributed by atoms with Crippen LogP contribution < -0.4 is 5.32 Å². The average Bonchev–Trinajstić information content (AvgIpc) is 3.09. The van der Waals surface area contributed by atoms with E-state index in [1.54, 1.807) is 17.2 Å². The van der Waals surface area contributed by atoms with Gasteiger partial charge in [0.15, 0.2) is 0 Å². The first kappa shape index (κ1) is 16.4. The second kappa shape index (κ2) is 7.45. The number of benzene rings is 1. The largest absolute Gasteiger partial charge is 0.310 e. The van der Waals surface area contributed by atoms with Crippen LogP contribution in [0.2, 0.25) is 0 Å². The van der Waals surface area contributed by atoms with E-state index < -0.39 is 0 Å². The second-order valence-electron chi connectivity index (χ2n) is 6.36. The molecule has 0 unspecified atom stereocenters. The Morgan fingerprint density at radius 1 is 1.19 bits per heavy atom. The fourth-order valence-electron chi connectivity index (χ4n) is 3.15. The van der Waals surface area contributed by atoms with E-state index in [4.69, 9.17) is 0 Å².